The number of nitrogens with zero attached hydrogens (tertiary/aromatic N) is 1. The van der Waals surface area contributed by atoms with E-state index >= 15 is 0 Å². The molecule has 156 valence electrons. The molecule has 5 nitrogen and oxygen atoms in total. The lowest BCUT2D eigenvalue weighted by molar-refractivity contribution is -0.162. The summed E-state index contributed by atoms with van der Waals surface area (Å²) in [6.45, 7) is 6.29. The minimum Gasteiger partial charge on any atom is -0.461 e. The number of ether oxygens (including phenoxy) is 1. The highest BCUT2D eigenvalue weighted by Gasteiger charge is 2.66. The normalized spacial score (nSPS) is 45.1. The molecule has 4 aliphatic rings. The number of rotatable bonds is 4. The fourth-order valence-electron chi connectivity index (χ4n) is 6.15. The van der Waals surface area contributed by atoms with Crippen molar-refractivity contribution in [3.8, 4) is 0 Å². The van der Waals surface area contributed by atoms with Gasteiger partial charge in [-0.05, 0) is 48.9 Å². The summed E-state index contributed by atoms with van der Waals surface area (Å²) < 4.78 is 5.82. The molecule has 1 saturated heterocycles. The van der Waals surface area contributed by atoms with Gasteiger partial charge in [-0.25, -0.2) is 0 Å². The van der Waals surface area contributed by atoms with Crippen LogP contribution in [0.2, 0.25) is 0 Å². The average molecular weight is 519 g/mol. The number of halogens is 2. The van der Waals surface area contributed by atoms with Gasteiger partial charge in [-0.1, -0.05) is 59.1 Å². The van der Waals surface area contributed by atoms with E-state index in [9.17, 15) is 14.4 Å². The first-order chi connectivity index (χ1) is 13.2. The zero-order chi connectivity index (χ0) is 20.3. The fourth-order valence-corrected chi connectivity index (χ4v) is 8.03. The van der Waals surface area contributed by atoms with E-state index in [0.29, 0.717) is 17.8 Å². The van der Waals surface area contributed by atoms with E-state index in [0.717, 1.165) is 25.7 Å². The van der Waals surface area contributed by atoms with Gasteiger partial charge in [0, 0.05) is 9.65 Å². The zero-order valence-electron chi connectivity index (χ0n) is 16.6. The minimum absolute atomic E-state index is 0.112. The summed E-state index contributed by atoms with van der Waals surface area (Å²) in [5.41, 5.74) is 0. The topological polar surface area (TPSA) is 63.7 Å². The minimum atomic E-state index is -0.440. The smallest absolute Gasteiger partial charge is 0.326 e. The standard InChI is InChI=1S/C21H29Br2NO4/c1-9(2)11-5-4-10(3)6-14(11)28-15(25)8-24-20(26)16-12-7-13(17(16)21(24)27)19(23)18(12)22/h9-14,16-19H,4-8H2,1-3H3/t10-,11-,12-,13+,14-,16+,17-,18+,19-/m1/s1. The Morgan fingerprint density at radius 3 is 2.18 bits per heavy atom. The number of hydrogen-bond acceptors (Lipinski definition) is 4. The summed E-state index contributed by atoms with van der Waals surface area (Å²) in [5, 5.41) is 0. The second-order valence-corrected chi connectivity index (χ2v) is 11.7. The van der Waals surface area contributed by atoms with Gasteiger partial charge in [0.05, 0.1) is 11.8 Å². The van der Waals surface area contributed by atoms with Crippen LogP contribution in [0.4, 0.5) is 0 Å². The molecule has 0 aromatic heterocycles. The van der Waals surface area contributed by atoms with Crippen molar-refractivity contribution in [3.05, 3.63) is 0 Å². The third-order valence-corrected chi connectivity index (χ3v) is 10.8. The third kappa shape index (κ3) is 3.28. The van der Waals surface area contributed by atoms with E-state index in [1.165, 1.54) is 4.90 Å². The maximum absolute atomic E-state index is 13.0. The van der Waals surface area contributed by atoms with Gasteiger partial charge in [-0.3, -0.25) is 19.3 Å². The first-order valence-electron chi connectivity index (χ1n) is 10.5. The lowest BCUT2D eigenvalue weighted by atomic mass is 9.75. The van der Waals surface area contributed by atoms with E-state index in [1.54, 1.807) is 0 Å². The Labute approximate surface area is 183 Å². The first-order valence-corrected chi connectivity index (χ1v) is 12.4. The van der Waals surface area contributed by atoms with E-state index in [-0.39, 0.29) is 57.8 Å². The van der Waals surface area contributed by atoms with Crippen LogP contribution in [-0.2, 0) is 19.1 Å². The van der Waals surface area contributed by atoms with Crippen molar-refractivity contribution in [1.29, 1.82) is 0 Å². The van der Waals surface area contributed by atoms with Crippen LogP contribution < -0.4 is 0 Å². The summed E-state index contributed by atoms with van der Waals surface area (Å²) in [7, 11) is 0. The summed E-state index contributed by atoms with van der Waals surface area (Å²) >= 11 is 7.37. The molecule has 7 heteroatoms. The quantitative estimate of drug-likeness (QED) is 0.323. The average Bonchev–Trinajstić information content (AvgIpc) is 3.22. The largest absolute Gasteiger partial charge is 0.461 e. The molecule has 1 aliphatic heterocycles. The van der Waals surface area contributed by atoms with E-state index in [2.05, 4.69) is 52.6 Å². The highest BCUT2D eigenvalue weighted by Crippen LogP contribution is 2.60. The van der Waals surface area contributed by atoms with E-state index < -0.39 is 5.97 Å². The van der Waals surface area contributed by atoms with E-state index in [4.69, 9.17) is 4.74 Å². The number of likely N-dealkylation sites (tertiary alicyclic amines) is 1. The molecule has 0 unspecified atom stereocenters. The molecule has 28 heavy (non-hydrogen) atoms. The van der Waals surface area contributed by atoms with Crippen molar-refractivity contribution < 1.29 is 19.1 Å². The first kappa shape index (κ1) is 20.8. The van der Waals surface area contributed by atoms with Crippen LogP contribution in [0, 0.1) is 41.4 Å². The molecule has 3 aliphatic carbocycles. The second-order valence-electron chi connectivity index (χ2n) is 9.62. The predicted molar refractivity (Wildman–Crippen MR) is 112 cm³/mol. The van der Waals surface area contributed by atoms with Crippen molar-refractivity contribution in [3.63, 3.8) is 0 Å². The third-order valence-electron chi connectivity index (χ3n) is 7.61. The second kappa shape index (κ2) is 7.68. The maximum Gasteiger partial charge on any atom is 0.326 e. The Kier molecular flexibility index (Phi) is 5.71. The lowest BCUT2D eigenvalue weighted by Gasteiger charge is -2.36. The molecule has 1 heterocycles. The number of esters is 1. The number of hydrogen-bond donors (Lipinski definition) is 0. The van der Waals surface area contributed by atoms with Crippen molar-refractivity contribution in [2.24, 2.45) is 41.4 Å². The van der Waals surface area contributed by atoms with Crippen LogP contribution in [0.1, 0.15) is 46.5 Å². The number of imide groups is 1. The van der Waals surface area contributed by atoms with Gasteiger partial charge in [0.2, 0.25) is 11.8 Å². The molecule has 4 fully saturated rings. The molecule has 3 saturated carbocycles. The van der Waals surface area contributed by atoms with Crippen molar-refractivity contribution in [2.45, 2.75) is 62.2 Å². The Morgan fingerprint density at radius 2 is 1.64 bits per heavy atom. The van der Waals surface area contributed by atoms with Gasteiger partial charge in [-0.2, -0.15) is 0 Å². The Morgan fingerprint density at radius 1 is 1.07 bits per heavy atom. The van der Waals surface area contributed by atoms with Gasteiger partial charge >= 0.3 is 5.97 Å². The number of alkyl halides is 2. The van der Waals surface area contributed by atoms with Gasteiger partial charge in [0.15, 0.2) is 0 Å². The van der Waals surface area contributed by atoms with Gasteiger partial charge in [0.1, 0.15) is 12.6 Å². The monoisotopic (exact) mass is 517 g/mol. The van der Waals surface area contributed by atoms with Crippen molar-refractivity contribution in [1.82, 2.24) is 4.90 Å². The highest BCUT2D eigenvalue weighted by atomic mass is 79.9. The Bertz CT molecular complexity index is 651. The van der Waals surface area contributed by atoms with Crippen molar-refractivity contribution >= 4 is 49.6 Å². The van der Waals surface area contributed by atoms with Crippen LogP contribution in [0.25, 0.3) is 0 Å². The summed E-state index contributed by atoms with van der Waals surface area (Å²) in [6, 6.07) is 0. The Balaban J connectivity index is 1.43. The van der Waals surface area contributed by atoms with Crippen LogP contribution >= 0.6 is 31.9 Å². The van der Waals surface area contributed by atoms with Crippen LogP contribution in [0.3, 0.4) is 0 Å². The van der Waals surface area contributed by atoms with Crippen LogP contribution in [-0.4, -0.2) is 45.0 Å². The summed E-state index contributed by atoms with van der Waals surface area (Å²) in [5.74, 6) is 0.312. The number of amides is 2. The molecule has 0 spiro atoms. The molecule has 0 N–H and O–H groups in total. The summed E-state index contributed by atoms with van der Waals surface area (Å²) in [4.78, 5) is 40.2. The number of fused-ring (bicyclic) bond motifs is 5. The molecule has 9 atom stereocenters. The summed E-state index contributed by atoms with van der Waals surface area (Å²) in [6.07, 6.45) is 3.87. The van der Waals surface area contributed by atoms with Crippen LogP contribution in [0.5, 0.6) is 0 Å². The highest BCUT2D eigenvalue weighted by molar-refractivity contribution is 9.12. The zero-order valence-corrected chi connectivity index (χ0v) is 19.8. The molecule has 4 rings (SSSR count). The van der Waals surface area contributed by atoms with Crippen molar-refractivity contribution in [2.75, 3.05) is 6.54 Å². The molecular formula is C21H29Br2NO4. The van der Waals surface area contributed by atoms with Gasteiger partial charge in [0.25, 0.3) is 0 Å². The SMILES string of the molecule is CC(C)[C@H]1CC[C@@H](C)C[C@H]1OC(=O)CN1C(=O)[C@@H]2[C@@H]3C[C@@H]([C@H](Br)[C@@H]3Br)[C@@H]2C1=O. The Hall–Kier alpha value is -0.430. The number of carbonyl (C=O) groups is 3. The van der Waals surface area contributed by atoms with Gasteiger partial charge < -0.3 is 4.74 Å². The predicted octanol–water partition coefficient (Wildman–Crippen LogP) is 3.77. The molecule has 2 amide bonds. The molecule has 0 aromatic carbocycles. The lowest BCUT2D eigenvalue weighted by Crippen LogP contribution is -2.41. The number of carbonyl (C=O) groups excluding carboxylic acids is 3. The molecule has 0 radical (unpaired) electrons. The van der Waals surface area contributed by atoms with Crippen LogP contribution in [0.15, 0.2) is 0 Å². The maximum atomic E-state index is 13.0. The molecule has 2 bridgehead atoms. The molecular weight excluding hydrogens is 490 g/mol. The van der Waals surface area contributed by atoms with Gasteiger partial charge in [-0.15, -0.1) is 0 Å². The van der Waals surface area contributed by atoms with E-state index in [1.807, 2.05) is 0 Å². The fraction of sp³-hybridized carbons (Fsp3) is 0.857. The molecule has 0 aromatic rings.